The van der Waals surface area contributed by atoms with Crippen LogP contribution in [0, 0.1) is 11.3 Å². The van der Waals surface area contributed by atoms with Crippen molar-refractivity contribution in [3.63, 3.8) is 0 Å². The molecule has 1 aliphatic rings. The van der Waals surface area contributed by atoms with E-state index in [-0.39, 0.29) is 16.7 Å². The second-order valence-electron chi connectivity index (χ2n) is 7.99. The van der Waals surface area contributed by atoms with Gasteiger partial charge >= 0.3 is 0 Å². The molecule has 0 aliphatic carbocycles. The number of amides is 1. The fraction of sp³-hybridized carbons (Fsp3) is 0.650. The Hall–Kier alpha value is -1.36. The van der Waals surface area contributed by atoms with Gasteiger partial charge in [0.05, 0.1) is 14.2 Å². The molecule has 0 radical (unpaired) electrons. The predicted octanol–water partition coefficient (Wildman–Crippen LogP) is 4.74. The number of nitrogens with zero attached hydrogens (tertiary/aromatic N) is 1. The molecule has 0 spiro atoms. The van der Waals surface area contributed by atoms with Crippen LogP contribution in [0.2, 0.25) is 0 Å². The van der Waals surface area contributed by atoms with Crippen LogP contribution < -0.4 is 9.47 Å². The SMILES string of the molecule is COc1ccc([C@@H]2SCCN2C(=O)C[C@@H](C)CC(C)(C)C)c(OC)c1. The maximum atomic E-state index is 12.9. The minimum atomic E-state index is 0.0233. The van der Waals surface area contributed by atoms with Crippen LogP contribution in [0.25, 0.3) is 0 Å². The lowest BCUT2D eigenvalue weighted by Crippen LogP contribution is -2.32. The maximum Gasteiger partial charge on any atom is 0.224 e. The molecule has 2 rings (SSSR count). The van der Waals surface area contributed by atoms with Gasteiger partial charge in [0.25, 0.3) is 0 Å². The Morgan fingerprint density at radius 3 is 2.64 bits per heavy atom. The third-order valence-electron chi connectivity index (χ3n) is 4.40. The average Bonchev–Trinajstić information content (AvgIpc) is 3.01. The van der Waals surface area contributed by atoms with Crippen molar-refractivity contribution in [3.05, 3.63) is 23.8 Å². The number of ether oxygens (including phenoxy) is 2. The normalized spacial score (nSPS) is 19.0. The van der Waals surface area contributed by atoms with Crippen LogP contribution >= 0.6 is 11.8 Å². The highest BCUT2D eigenvalue weighted by atomic mass is 32.2. The highest BCUT2D eigenvalue weighted by molar-refractivity contribution is 7.99. The standard InChI is InChI=1S/C20H31NO3S/c1-14(13-20(2,3)4)11-18(22)21-9-10-25-19(21)16-8-7-15(23-5)12-17(16)24-6/h7-8,12,14,19H,9-11,13H2,1-6H3/t14-,19+/m1/s1. The van der Waals surface area contributed by atoms with Crippen LogP contribution in [0.4, 0.5) is 0 Å². The van der Waals surface area contributed by atoms with E-state index in [9.17, 15) is 4.79 Å². The summed E-state index contributed by atoms with van der Waals surface area (Å²) in [7, 11) is 3.31. The fourth-order valence-corrected chi connectivity index (χ4v) is 4.84. The first-order valence-electron chi connectivity index (χ1n) is 8.88. The van der Waals surface area contributed by atoms with E-state index < -0.39 is 0 Å². The first-order chi connectivity index (χ1) is 11.7. The van der Waals surface area contributed by atoms with E-state index in [1.54, 1.807) is 26.0 Å². The molecule has 1 aromatic rings. The molecule has 4 nitrogen and oxygen atoms in total. The molecular formula is C20H31NO3S. The fourth-order valence-electron chi connectivity index (χ4n) is 3.54. The van der Waals surface area contributed by atoms with Crippen molar-refractivity contribution in [2.24, 2.45) is 11.3 Å². The van der Waals surface area contributed by atoms with E-state index in [0.717, 1.165) is 35.8 Å². The van der Waals surface area contributed by atoms with Crippen molar-refractivity contribution in [2.75, 3.05) is 26.5 Å². The van der Waals surface area contributed by atoms with Gasteiger partial charge < -0.3 is 14.4 Å². The van der Waals surface area contributed by atoms with Crippen molar-refractivity contribution in [1.82, 2.24) is 4.90 Å². The Morgan fingerprint density at radius 1 is 1.32 bits per heavy atom. The first-order valence-corrected chi connectivity index (χ1v) is 9.93. The molecule has 1 amide bonds. The second kappa shape index (κ2) is 8.35. The lowest BCUT2D eigenvalue weighted by atomic mass is 9.84. The summed E-state index contributed by atoms with van der Waals surface area (Å²) in [5.74, 6) is 3.12. The highest BCUT2D eigenvalue weighted by Gasteiger charge is 2.33. The second-order valence-corrected chi connectivity index (χ2v) is 9.18. The highest BCUT2D eigenvalue weighted by Crippen LogP contribution is 2.43. The van der Waals surface area contributed by atoms with Gasteiger partial charge in [0.15, 0.2) is 0 Å². The van der Waals surface area contributed by atoms with Crippen molar-refractivity contribution < 1.29 is 14.3 Å². The molecule has 0 N–H and O–H groups in total. The Kier molecular flexibility index (Phi) is 6.66. The smallest absolute Gasteiger partial charge is 0.224 e. The molecule has 25 heavy (non-hydrogen) atoms. The van der Waals surface area contributed by atoms with Gasteiger partial charge in [-0.1, -0.05) is 27.7 Å². The van der Waals surface area contributed by atoms with Crippen LogP contribution in [-0.2, 0) is 4.79 Å². The average molecular weight is 366 g/mol. The molecule has 2 atom stereocenters. The first kappa shape index (κ1) is 20.0. The summed E-state index contributed by atoms with van der Waals surface area (Å²) in [5, 5.41) is 0.0233. The number of rotatable bonds is 6. The molecular weight excluding hydrogens is 334 g/mol. The Labute approximate surface area is 156 Å². The quantitative estimate of drug-likeness (QED) is 0.730. The van der Waals surface area contributed by atoms with E-state index in [4.69, 9.17) is 9.47 Å². The van der Waals surface area contributed by atoms with E-state index >= 15 is 0 Å². The minimum Gasteiger partial charge on any atom is -0.497 e. The van der Waals surface area contributed by atoms with Gasteiger partial charge in [-0.3, -0.25) is 4.79 Å². The zero-order chi connectivity index (χ0) is 18.6. The Balaban J connectivity index is 2.13. The molecule has 140 valence electrons. The van der Waals surface area contributed by atoms with Gasteiger partial charge in [-0.2, -0.15) is 0 Å². The largest absolute Gasteiger partial charge is 0.497 e. The van der Waals surface area contributed by atoms with Gasteiger partial charge in [-0.25, -0.2) is 0 Å². The van der Waals surface area contributed by atoms with Crippen molar-refractivity contribution in [1.29, 1.82) is 0 Å². The van der Waals surface area contributed by atoms with Gasteiger partial charge in [-0.15, -0.1) is 11.8 Å². The van der Waals surface area contributed by atoms with Crippen LogP contribution in [0.1, 0.15) is 51.5 Å². The third-order valence-corrected chi connectivity index (χ3v) is 5.64. The summed E-state index contributed by atoms with van der Waals surface area (Å²) < 4.78 is 10.8. The molecule has 0 aromatic heterocycles. The predicted molar refractivity (Wildman–Crippen MR) is 104 cm³/mol. The molecule has 0 saturated carbocycles. The lowest BCUT2D eigenvalue weighted by molar-refractivity contribution is -0.132. The summed E-state index contributed by atoms with van der Waals surface area (Å²) in [6.07, 6.45) is 1.66. The molecule has 1 heterocycles. The molecule has 1 aliphatic heterocycles. The number of hydrogen-bond acceptors (Lipinski definition) is 4. The number of carbonyl (C=O) groups excluding carboxylic acids is 1. The van der Waals surface area contributed by atoms with E-state index in [2.05, 4.69) is 27.7 Å². The maximum absolute atomic E-state index is 12.9. The molecule has 1 aromatic carbocycles. The Bertz CT molecular complexity index is 597. The number of benzene rings is 1. The van der Waals surface area contributed by atoms with E-state index in [1.807, 2.05) is 23.1 Å². The number of methoxy groups -OCH3 is 2. The van der Waals surface area contributed by atoms with Crippen molar-refractivity contribution in [3.8, 4) is 11.5 Å². The number of hydrogen-bond donors (Lipinski definition) is 0. The van der Waals surface area contributed by atoms with Crippen LogP contribution in [0.3, 0.4) is 0 Å². The molecule has 0 bridgehead atoms. The summed E-state index contributed by atoms with van der Waals surface area (Å²) in [4.78, 5) is 14.9. The minimum absolute atomic E-state index is 0.0233. The van der Waals surface area contributed by atoms with Crippen LogP contribution in [0.15, 0.2) is 18.2 Å². The van der Waals surface area contributed by atoms with Gasteiger partial charge in [0, 0.05) is 30.3 Å². The van der Waals surface area contributed by atoms with Crippen molar-refractivity contribution in [2.45, 2.75) is 45.9 Å². The summed E-state index contributed by atoms with van der Waals surface area (Å²) in [5.41, 5.74) is 1.29. The Morgan fingerprint density at radius 2 is 2.04 bits per heavy atom. The monoisotopic (exact) mass is 365 g/mol. The zero-order valence-corrected chi connectivity index (χ0v) is 17.1. The summed E-state index contributed by atoms with van der Waals surface area (Å²) in [6, 6.07) is 5.83. The van der Waals surface area contributed by atoms with Crippen molar-refractivity contribution >= 4 is 17.7 Å². The zero-order valence-electron chi connectivity index (χ0n) is 16.3. The number of thioether (sulfide) groups is 1. The summed E-state index contributed by atoms with van der Waals surface area (Å²) in [6.45, 7) is 9.65. The van der Waals surface area contributed by atoms with Gasteiger partial charge in [-0.05, 0) is 29.9 Å². The molecule has 1 saturated heterocycles. The van der Waals surface area contributed by atoms with E-state index in [0.29, 0.717) is 12.3 Å². The van der Waals surface area contributed by atoms with Crippen LogP contribution in [0.5, 0.6) is 11.5 Å². The van der Waals surface area contributed by atoms with Gasteiger partial charge in [0.1, 0.15) is 16.9 Å². The number of carbonyl (C=O) groups is 1. The molecule has 5 heteroatoms. The topological polar surface area (TPSA) is 38.8 Å². The molecule has 0 unspecified atom stereocenters. The third kappa shape index (κ3) is 5.30. The lowest BCUT2D eigenvalue weighted by Gasteiger charge is -2.28. The van der Waals surface area contributed by atoms with Gasteiger partial charge in [0.2, 0.25) is 5.91 Å². The summed E-state index contributed by atoms with van der Waals surface area (Å²) >= 11 is 1.80. The molecule has 1 fully saturated rings. The van der Waals surface area contributed by atoms with Crippen LogP contribution in [-0.4, -0.2) is 37.3 Å². The van der Waals surface area contributed by atoms with E-state index in [1.165, 1.54) is 0 Å².